The highest BCUT2D eigenvalue weighted by Gasteiger charge is 2.39. The van der Waals surface area contributed by atoms with Crippen molar-refractivity contribution in [3.05, 3.63) is 100 Å². The summed E-state index contributed by atoms with van der Waals surface area (Å²) in [5, 5.41) is 5.93. The summed E-state index contributed by atoms with van der Waals surface area (Å²) in [5.41, 5.74) is 1.37. The van der Waals surface area contributed by atoms with Crippen molar-refractivity contribution in [1.29, 1.82) is 0 Å². The Kier molecular flexibility index (Phi) is 6.42. The number of anilines is 2. The lowest BCUT2D eigenvalue weighted by Gasteiger charge is -2.19. The van der Waals surface area contributed by atoms with Crippen molar-refractivity contribution in [2.75, 3.05) is 10.6 Å². The maximum Gasteiger partial charge on any atom is 0.255 e. The summed E-state index contributed by atoms with van der Waals surface area (Å²) in [5.74, 6) is -2.77. The Morgan fingerprint density at radius 2 is 1.64 bits per heavy atom. The number of aromatic nitrogens is 1. The molecule has 2 aromatic carbocycles. The average molecular weight is 466 g/mol. The third kappa shape index (κ3) is 5.04. The molecular formula is C25H21ClFN3O3. The summed E-state index contributed by atoms with van der Waals surface area (Å²) in [6.45, 7) is 3.93. The predicted octanol–water partition coefficient (Wildman–Crippen LogP) is 4.79. The minimum Gasteiger partial charge on any atom is -0.326 e. The molecule has 2 atom stereocenters. The van der Waals surface area contributed by atoms with Crippen molar-refractivity contribution < 1.29 is 14.0 Å². The molecule has 1 saturated carbocycles. The number of nitrogens with zero attached hydrogens (tertiary/aromatic N) is 1. The molecule has 1 aliphatic rings. The lowest BCUT2D eigenvalue weighted by Crippen LogP contribution is -2.33. The van der Waals surface area contributed by atoms with Crippen molar-refractivity contribution in [3.8, 4) is 5.69 Å². The van der Waals surface area contributed by atoms with E-state index in [0.717, 1.165) is 5.57 Å². The fraction of sp³-hybridized carbons (Fsp3) is 0.160. The standard InChI is InChI=1S/C25H21ClFN3O3/c1-15-12-19(24(32)28-17-7-5-16(26)6-8-17)20(13-15)25(33)29-22-10-9-18(14-21(22)27)30-11-3-2-4-23(30)31/h2-11,14,19-20H,1,12-13H2,(H,28,32)(H,29,33)/t19-,20+/m0/s1. The number of allylic oxidation sites excluding steroid dienone is 1. The van der Waals surface area contributed by atoms with E-state index >= 15 is 0 Å². The first kappa shape index (κ1) is 22.5. The van der Waals surface area contributed by atoms with E-state index in [0.29, 0.717) is 29.2 Å². The van der Waals surface area contributed by atoms with Crippen molar-refractivity contribution >= 4 is 34.8 Å². The molecule has 0 unspecified atom stereocenters. The maximum atomic E-state index is 14.7. The first-order chi connectivity index (χ1) is 15.8. The highest BCUT2D eigenvalue weighted by molar-refractivity contribution is 6.30. The van der Waals surface area contributed by atoms with Gasteiger partial charge < -0.3 is 10.6 Å². The summed E-state index contributed by atoms with van der Waals surface area (Å²) in [4.78, 5) is 37.8. The Morgan fingerprint density at radius 1 is 0.970 bits per heavy atom. The molecule has 8 heteroatoms. The van der Waals surface area contributed by atoms with Gasteiger partial charge in [0.15, 0.2) is 0 Å². The van der Waals surface area contributed by atoms with Crippen molar-refractivity contribution in [2.24, 2.45) is 11.8 Å². The first-order valence-corrected chi connectivity index (χ1v) is 10.7. The molecular weight excluding hydrogens is 445 g/mol. The molecule has 0 aliphatic heterocycles. The molecule has 1 aromatic heterocycles. The number of rotatable bonds is 5. The summed E-state index contributed by atoms with van der Waals surface area (Å²) < 4.78 is 16.0. The van der Waals surface area contributed by atoms with Gasteiger partial charge in [-0.15, -0.1) is 0 Å². The summed E-state index contributed by atoms with van der Waals surface area (Å²) in [6, 6.07) is 15.4. The number of hydrogen-bond acceptors (Lipinski definition) is 3. The quantitative estimate of drug-likeness (QED) is 0.532. The summed E-state index contributed by atoms with van der Waals surface area (Å²) in [6.07, 6.45) is 2.24. The van der Waals surface area contributed by atoms with Gasteiger partial charge in [-0.25, -0.2) is 4.39 Å². The Hall–Kier alpha value is -3.71. The van der Waals surface area contributed by atoms with Gasteiger partial charge in [0.2, 0.25) is 11.8 Å². The molecule has 168 valence electrons. The van der Waals surface area contributed by atoms with E-state index in [1.807, 2.05) is 0 Å². The second kappa shape index (κ2) is 9.42. The minimum atomic E-state index is -0.685. The zero-order valence-corrected chi connectivity index (χ0v) is 18.3. The van der Waals surface area contributed by atoms with Gasteiger partial charge in [-0.3, -0.25) is 19.0 Å². The Bertz CT molecular complexity index is 1290. The van der Waals surface area contributed by atoms with E-state index in [1.54, 1.807) is 42.5 Å². The van der Waals surface area contributed by atoms with Gasteiger partial charge in [-0.2, -0.15) is 0 Å². The second-order valence-electron chi connectivity index (χ2n) is 7.93. The Balaban J connectivity index is 1.49. The predicted molar refractivity (Wildman–Crippen MR) is 126 cm³/mol. The van der Waals surface area contributed by atoms with Crippen LogP contribution in [0.3, 0.4) is 0 Å². The van der Waals surface area contributed by atoms with E-state index in [4.69, 9.17) is 11.6 Å². The van der Waals surface area contributed by atoms with Crippen LogP contribution in [0.15, 0.2) is 83.8 Å². The highest BCUT2D eigenvalue weighted by Crippen LogP contribution is 2.37. The molecule has 0 radical (unpaired) electrons. The third-order valence-corrected chi connectivity index (χ3v) is 5.85. The number of benzene rings is 2. The molecule has 0 spiro atoms. The largest absolute Gasteiger partial charge is 0.326 e. The molecule has 33 heavy (non-hydrogen) atoms. The zero-order valence-electron chi connectivity index (χ0n) is 17.6. The molecule has 6 nitrogen and oxygen atoms in total. The van der Waals surface area contributed by atoms with Gasteiger partial charge in [0, 0.05) is 29.0 Å². The van der Waals surface area contributed by atoms with Gasteiger partial charge >= 0.3 is 0 Å². The number of nitrogens with one attached hydrogen (secondary N) is 2. The summed E-state index contributed by atoms with van der Waals surface area (Å²) >= 11 is 5.88. The third-order valence-electron chi connectivity index (χ3n) is 5.60. The number of amides is 2. The minimum absolute atomic E-state index is 0.0258. The monoisotopic (exact) mass is 465 g/mol. The summed E-state index contributed by atoms with van der Waals surface area (Å²) in [7, 11) is 0. The van der Waals surface area contributed by atoms with Gasteiger partial charge in [0.25, 0.3) is 5.56 Å². The number of carbonyl (C=O) groups is 2. The maximum absolute atomic E-state index is 14.7. The number of carbonyl (C=O) groups excluding carboxylic acids is 2. The van der Waals surface area contributed by atoms with E-state index in [-0.39, 0.29) is 17.2 Å². The smallest absolute Gasteiger partial charge is 0.255 e. The topological polar surface area (TPSA) is 80.2 Å². The molecule has 1 fully saturated rings. The van der Waals surface area contributed by atoms with Crippen molar-refractivity contribution in [3.63, 3.8) is 0 Å². The number of halogens is 2. The van der Waals surface area contributed by atoms with Gasteiger partial charge in [-0.1, -0.05) is 29.8 Å². The van der Waals surface area contributed by atoms with E-state index in [1.165, 1.54) is 29.0 Å². The molecule has 0 bridgehead atoms. The van der Waals surface area contributed by atoms with E-state index < -0.39 is 23.6 Å². The Labute approximate surface area is 194 Å². The Morgan fingerprint density at radius 3 is 2.27 bits per heavy atom. The SMILES string of the molecule is C=C1C[C@H](C(=O)Nc2ccc(Cl)cc2)[C@H](C(=O)Nc2ccc(-n3ccccc3=O)cc2F)C1. The van der Waals surface area contributed by atoms with Crippen LogP contribution in [0, 0.1) is 17.7 Å². The molecule has 3 aromatic rings. The van der Waals surface area contributed by atoms with Crippen LogP contribution in [-0.2, 0) is 9.59 Å². The van der Waals surface area contributed by atoms with Gasteiger partial charge in [-0.05, 0) is 55.3 Å². The van der Waals surface area contributed by atoms with Gasteiger partial charge in [0.05, 0.1) is 23.2 Å². The van der Waals surface area contributed by atoms with Crippen LogP contribution < -0.4 is 16.2 Å². The molecule has 1 aliphatic carbocycles. The highest BCUT2D eigenvalue weighted by atomic mass is 35.5. The van der Waals surface area contributed by atoms with E-state index in [2.05, 4.69) is 17.2 Å². The first-order valence-electron chi connectivity index (χ1n) is 10.3. The fourth-order valence-electron chi connectivity index (χ4n) is 3.93. The lowest BCUT2D eigenvalue weighted by atomic mass is 9.94. The molecule has 4 rings (SSSR count). The normalized spacial score (nSPS) is 17.6. The molecule has 1 heterocycles. The molecule has 0 saturated heterocycles. The van der Waals surface area contributed by atoms with Crippen LogP contribution in [0.25, 0.3) is 5.69 Å². The van der Waals surface area contributed by atoms with E-state index in [9.17, 15) is 18.8 Å². The van der Waals surface area contributed by atoms with Crippen LogP contribution in [0.5, 0.6) is 0 Å². The molecule has 2 N–H and O–H groups in total. The van der Waals surface area contributed by atoms with Gasteiger partial charge in [0.1, 0.15) is 5.82 Å². The average Bonchev–Trinajstić information content (AvgIpc) is 3.19. The number of hydrogen-bond donors (Lipinski definition) is 2. The van der Waals surface area contributed by atoms with Crippen LogP contribution in [-0.4, -0.2) is 16.4 Å². The van der Waals surface area contributed by atoms with Crippen LogP contribution in [0.4, 0.5) is 15.8 Å². The molecule has 2 amide bonds. The number of pyridine rings is 1. The second-order valence-corrected chi connectivity index (χ2v) is 8.37. The zero-order chi connectivity index (χ0) is 23.5. The van der Waals surface area contributed by atoms with Crippen molar-refractivity contribution in [2.45, 2.75) is 12.8 Å². The van der Waals surface area contributed by atoms with Crippen LogP contribution >= 0.6 is 11.6 Å². The fourth-order valence-corrected chi connectivity index (χ4v) is 4.06. The van der Waals surface area contributed by atoms with Crippen LogP contribution in [0.2, 0.25) is 5.02 Å². The van der Waals surface area contributed by atoms with Crippen LogP contribution in [0.1, 0.15) is 12.8 Å². The van der Waals surface area contributed by atoms with Crippen molar-refractivity contribution in [1.82, 2.24) is 4.57 Å². The lowest BCUT2D eigenvalue weighted by molar-refractivity contribution is -0.128.